The van der Waals surface area contributed by atoms with Crippen molar-refractivity contribution in [3.8, 4) is 17.2 Å². The molecule has 1 N–H and O–H groups in total. The Hall–Kier alpha value is -4.39. The summed E-state index contributed by atoms with van der Waals surface area (Å²) in [5.41, 5.74) is 2.93. The summed E-state index contributed by atoms with van der Waals surface area (Å²) in [6.45, 7) is 0.597. The third-order valence-electron chi connectivity index (χ3n) is 5.53. The molecule has 0 saturated heterocycles. The van der Waals surface area contributed by atoms with E-state index in [1.54, 1.807) is 18.2 Å². The molecule has 0 amide bonds. The summed E-state index contributed by atoms with van der Waals surface area (Å²) in [4.78, 5) is 27.9. The van der Waals surface area contributed by atoms with E-state index in [1.165, 1.54) is 0 Å². The van der Waals surface area contributed by atoms with Gasteiger partial charge in [-0.2, -0.15) is 0 Å². The Balaban J connectivity index is 1.18. The minimum Gasteiger partial charge on any atom is -0.489 e. The summed E-state index contributed by atoms with van der Waals surface area (Å²) in [6, 6.07) is 24.3. The first-order chi connectivity index (χ1) is 16.5. The number of carbonyl (C=O) groups excluding carboxylic acids is 1. The molecule has 3 aromatic carbocycles. The molecule has 0 saturated carbocycles. The van der Waals surface area contributed by atoms with Crippen LogP contribution in [-0.2, 0) is 18.0 Å². The number of pyridine rings is 1. The quantitative estimate of drug-likeness (QED) is 0.427. The highest BCUT2D eigenvalue weighted by Crippen LogP contribution is 2.29. The Morgan fingerprint density at radius 3 is 2.44 bits per heavy atom. The highest BCUT2D eigenvalue weighted by atomic mass is 16.5. The van der Waals surface area contributed by atoms with Crippen LogP contribution >= 0.6 is 0 Å². The maximum Gasteiger partial charge on any atom is 0.345 e. The van der Waals surface area contributed by atoms with Crippen LogP contribution in [0.1, 0.15) is 28.0 Å². The van der Waals surface area contributed by atoms with Crippen molar-refractivity contribution in [3.63, 3.8) is 0 Å². The molecule has 5 rings (SSSR count). The number of hydrogen-bond acceptors (Lipinski definition) is 6. The third kappa shape index (κ3) is 4.68. The van der Waals surface area contributed by atoms with Crippen LogP contribution in [0.4, 0.5) is 0 Å². The highest BCUT2D eigenvalue weighted by Gasteiger charge is 2.31. The number of ketones is 1. The molecule has 7 nitrogen and oxygen atoms in total. The molecule has 1 unspecified atom stereocenters. The van der Waals surface area contributed by atoms with E-state index in [9.17, 15) is 9.59 Å². The maximum atomic E-state index is 12.1. The van der Waals surface area contributed by atoms with Crippen LogP contribution in [0.25, 0.3) is 10.9 Å². The average molecular weight is 455 g/mol. The number of carbonyl (C=O) groups is 2. The van der Waals surface area contributed by atoms with Gasteiger partial charge in [0.1, 0.15) is 30.5 Å². The Labute approximate surface area is 195 Å². The summed E-state index contributed by atoms with van der Waals surface area (Å²) in [5, 5.41) is 10.2. The van der Waals surface area contributed by atoms with Gasteiger partial charge in [-0.3, -0.25) is 4.79 Å². The van der Waals surface area contributed by atoms with Crippen LogP contribution in [0.15, 0.2) is 78.9 Å². The van der Waals surface area contributed by atoms with E-state index in [2.05, 4.69) is 4.98 Å². The molecule has 4 aromatic rings. The first-order valence-corrected chi connectivity index (χ1v) is 10.8. The van der Waals surface area contributed by atoms with E-state index in [1.807, 2.05) is 60.7 Å². The monoisotopic (exact) mass is 455 g/mol. The van der Waals surface area contributed by atoms with Gasteiger partial charge in [-0.05, 0) is 54.1 Å². The first kappa shape index (κ1) is 21.5. The Morgan fingerprint density at radius 1 is 0.941 bits per heavy atom. The van der Waals surface area contributed by atoms with Gasteiger partial charge < -0.3 is 19.3 Å². The number of aliphatic carboxylic acids is 1. The number of fused-ring (bicyclic) bond motifs is 2. The van der Waals surface area contributed by atoms with Crippen LogP contribution in [0, 0.1) is 0 Å². The van der Waals surface area contributed by atoms with Crippen LogP contribution < -0.4 is 14.2 Å². The molecular weight excluding hydrogens is 434 g/mol. The summed E-state index contributed by atoms with van der Waals surface area (Å²) < 4.78 is 17.1. The number of benzene rings is 3. The first-order valence-electron chi connectivity index (χ1n) is 10.8. The topological polar surface area (TPSA) is 95.0 Å². The minimum atomic E-state index is -1.16. The predicted molar refractivity (Wildman–Crippen MR) is 124 cm³/mol. The van der Waals surface area contributed by atoms with Crippen LogP contribution in [0.5, 0.6) is 17.2 Å². The third-order valence-corrected chi connectivity index (χ3v) is 5.53. The second kappa shape index (κ2) is 9.23. The number of Topliss-reactive ketones (excluding diaryl/α,β-unsaturated/α-hetero) is 1. The lowest BCUT2D eigenvalue weighted by Crippen LogP contribution is -2.33. The fraction of sp³-hybridized carbons (Fsp3) is 0.148. The van der Waals surface area contributed by atoms with Crippen LogP contribution in [0.3, 0.4) is 0 Å². The lowest BCUT2D eigenvalue weighted by molar-refractivity contribution is -0.145. The number of aromatic nitrogens is 1. The number of nitrogens with zero attached hydrogens (tertiary/aromatic N) is 1. The zero-order valence-electron chi connectivity index (χ0n) is 18.1. The van der Waals surface area contributed by atoms with E-state index < -0.39 is 12.1 Å². The molecule has 7 heteroatoms. The molecule has 0 bridgehead atoms. The molecule has 0 spiro atoms. The number of para-hydroxylation sites is 1. The van der Waals surface area contributed by atoms with Crippen molar-refractivity contribution in [1.82, 2.24) is 4.98 Å². The van der Waals surface area contributed by atoms with Gasteiger partial charge in [0.05, 0.1) is 23.2 Å². The summed E-state index contributed by atoms with van der Waals surface area (Å²) >= 11 is 0. The number of rotatable bonds is 7. The van der Waals surface area contributed by atoms with Crippen molar-refractivity contribution in [1.29, 1.82) is 0 Å². The molecule has 2 heterocycles. The fourth-order valence-corrected chi connectivity index (χ4v) is 3.74. The minimum absolute atomic E-state index is 0.163. The molecular formula is C27H21NO6. The van der Waals surface area contributed by atoms with Gasteiger partial charge in [-0.1, -0.05) is 30.3 Å². The number of carboxylic acids is 1. The lowest BCUT2D eigenvalue weighted by Gasteiger charge is -2.22. The smallest absolute Gasteiger partial charge is 0.345 e. The van der Waals surface area contributed by atoms with E-state index in [-0.39, 0.29) is 24.6 Å². The Morgan fingerprint density at radius 2 is 1.68 bits per heavy atom. The molecule has 1 aliphatic rings. The Bertz CT molecular complexity index is 1370. The van der Waals surface area contributed by atoms with Gasteiger partial charge in [0, 0.05) is 5.39 Å². The van der Waals surface area contributed by atoms with Crippen LogP contribution in [0.2, 0.25) is 0 Å². The van der Waals surface area contributed by atoms with Crippen molar-refractivity contribution in [2.75, 3.05) is 0 Å². The van der Waals surface area contributed by atoms with E-state index in [0.29, 0.717) is 23.7 Å². The van der Waals surface area contributed by atoms with Crippen molar-refractivity contribution < 1.29 is 28.9 Å². The molecule has 170 valence electrons. The molecule has 1 aliphatic heterocycles. The van der Waals surface area contributed by atoms with E-state index in [4.69, 9.17) is 19.3 Å². The van der Waals surface area contributed by atoms with Gasteiger partial charge in [0.25, 0.3) is 0 Å². The van der Waals surface area contributed by atoms with Gasteiger partial charge in [0.15, 0.2) is 5.78 Å². The summed E-state index contributed by atoms with van der Waals surface area (Å²) in [6.07, 6.45) is -1.32. The largest absolute Gasteiger partial charge is 0.489 e. The second-order valence-electron chi connectivity index (χ2n) is 7.95. The Kier molecular flexibility index (Phi) is 5.82. The zero-order chi connectivity index (χ0) is 23.5. The molecule has 34 heavy (non-hydrogen) atoms. The summed E-state index contributed by atoms with van der Waals surface area (Å²) in [7, 11) is 0. The number of carboxylic acid groups (broad SMARTS) is 1. The van der Waals surface area contributed by atoms with Crippen molar-refractivity contribution in [2.45, 2.75) is 25.7 Å². The normalized spacial score (nSPS) is 14.8. The fourth-order valence-electron chi connectivity index (χ4n) is 3.74. The average Bonchev–Trinajstić information content (AvgIpc) is 2.86. The standard InChI is InChI=1S/C27H21NO6/c29-24-14-26(27(30)31)34-25-13-17(5-12-22(24)25)15-32-20-8-10-21(11-9-20)33-16-19-7-6-18-3-1-2-4-23(18)28-19/h1-13,26H,14-16H2,(H,30,31). The zero-order valence-corrected chi connectivity index (χ0v) is 18.1. The van der Waals surface area contributed by atoms with Gasteiger partial charge in [0.2, 0.25) is 6.10 Å². The van der Waals surface area contributed by atoms with Gasteiger partial charge in [-0.15, -0.1) is 0 Å². The van der Waals surface area contributed by atoms with Gasteiger partial charge in [-0.25, -0.2) is 9.78 Å². The van der Waals surface area contributed by atoms with Crippen molar-refractivity contribution in [2.24, 2.45) is 0 Å². The van der Waals surface area contributed by atoms with E-state index >= 15 is 0 Å². The van der Waals surface area contributed by atoms with E-state index in [0.717, 1.165) is 22.2 Å². The molecule has 0 fully saturated rings. The molecule has 1 aromatic heterocycles. The lowest BCUT2D eigenvalue weighted by atomic mass is 9.99. The summed E-state index contributed by atoms with van der Waals surface area (Å²) in [5.74, 6) is 0.225. The number of ether oxygens (including phenoxy) is 3. The van der Waals surface area contributed by atoms with Gasteiger partial charge >= 0.3 is 5.97 Å². The highest BCUT2D eigenvalue weighted by molar-refractivity contribution is 6.02. The second-order valence-corrected chi connectivity index (χ2v) is 7.95. The van der Waals surface area contributed by atoms with Crippen LogP contribution in [-0.4, -0.2) is 27.9 Å². The van der Waals surface area contributed by atoms with Crippen molar-refractivity contribution >= 4 is 22.7 Å². The number of hydrogen-bond donors (Lipinski definition) is 1. The van der Waals surface area contributed by atoms with Crippen molar-refractivity contribution in [3.05, 3.63) is 95.7 Å². The predicted octanol–water partition coefficient (Wildman–Crippen LogP) is 4.81. The molecule has 0 aliphatic carbocycles. The maximum absolute atomic E-state index is 12.1. The SMILES string of the molecule is O=C1CC(C(=O)O)Oc2cc(COc3ccc(OCc4ccc5ccccc5n4)cc3)ccc21. The molecule has 0 radical (unpaired) electrons. The molecule has 1 atom stereocenters.